The highest BCUT2D eigenvalue weighted by molar-refractivity contribution is 7.89. The maximum absolute atomic E-state index is 13.0. The molecule has 1 unspecified atom stereocenters. The summed E-state index contributed by atoms with van der Waals surface area (Å²) in [5.74, 6) is -0.570. The molecular formula is C12H15F4NO2S. The Hall–Kier alpha value is -1.15. The van der Waals surface area contributed by atoms with Gasteiger partial charge in [-0.15, -0.1) is 0 Å². The SMILES string of the molecule is CCN(Cc1cccc(F)c1)S(=O)(=O)C(C)C(F)(F)F. The highest BCUT2D eigenvalue weighted by Crippen LogP contribution is 2.28. The third-order valence-electron chi connectivity index (χ3n) is 2.87. The predicted molar refractivity (Wildman–Crippen MR) is 66.9 cm³/mol. The normalized spacial score (nSPS) is 14.6. The lowest BCUT2D eigenvalue weighted by Gasteiger charge is -2.25. The van der Waals surface area contributed by atoms with E-state index in [0.29, 0.717) is 16.8 Å². The molecule has 0 saturated heterocycles. The van der Waals surface area contributed by atoms with Crippen molar-refractivity contribution in [2.75, 3.05) is 6.54 Å². The molecule has 0 bridgehead atoms. The van der Waals surface area contributed by atoms with E-state index >= 15 is 0 Å². The van der Waals surface area contributed by atoms with E-state index in [1.807, 2.05) is 0 Å². The largest absolute Gasteiger partial charge is 0.406 e. The summed E-state index contributed by atoms with van der Waals surface area (Å²) in [6.45, 7) is 1.61. The molecule has 1 aromatic rings. The Balaban J connectivity index is 3.01. The third-order valence-corrected chi connectivity index (χ3v) is 5.14. The van der Waals surface area contributed by atoms with Crippen LogP contribution in [0.15, 0.2) is 24.3 Å². The molecule has 114 valence electrons. The zero-order valence-corrected chi connectivity index (χ0v) is 11.8. The molecule has 0 heterocycles. The van der Waals surface area contributed by atoms with E-state index in [9.17, 15) is 26.0 Å². The zero-order chi connectivity index (χ0) is 15.6. The van der Waals surface area contributed by atoms with Crippen LogP contribution in [0, 0.1) is 5.82 Å². The predicted octanol–water partition coefficient (Wildman–Crippen LogP) is 2.93. The minimum atomic E-state index is -4.84. The van der Waals surface area contributed by atoms with Crippen molar-refractivity contribution in [1.82, 2.24) is 4.31 Å². The molecule has 0 N–H and O–H groups in total. The molecule has 0 saturated carbocycles. The first-order valence-corrected chi connectivity index (χ1v) is 7.39. The number of sulfonamides is 1. The Bertz CT molecular complexity index is 557. The van der Waals surface area contributed by atoms with Gasteiger partial charge in [-0.25, -0.2) is 12.8 Å². The number of halogens is 4. The van der Waals surface area contributed by atoms with Gasteiger partial charge in [-0.05, 0) is 24.6 Å². The minimum absolute atomic E-state index is 0.126. The van der Waals surface area contributed by atoms with E-state index < -0.39 is 27.3 Å². The lowest BCUT2D eigenvalue weighted by atomic mass is 10.2. The highest BCUT2D eigenvalue weighted by atomic mass is 32.2. The molecule has 1 aromatic carbocycles. The summed E-state index contributed by atoms with van der Waals surface area (Å²) in [6.07, 6.45) is -4.84. The van der Waals surface area contributed by atoms with Gasteiger partial charge in [0.2, 0.25) is 10.0 Å². The maximum Gasteiger partial charge on any atom is 0.406 e. The van der Waals surface area contributed by atoms with Crippen LogP contribution in [0.3, 0.4) is 0 Å². The molecule has 0 aliphatic heterocycles. The maximum atomic E-state index is 13.0. The van der Waals surface area contributed by atoms with Crippen LogP contribution in [0.2, 0.25) is 0 Å². The summed E-state index contributed by atoms with van der Waals surface area (Å²) >= 11 is 0. The monoisotopic (exact) mass is 313 g/mol. The number of hydrogen-bond donors (Lipinski definition) is 0. The van der Waals surface area contributed by atoms with Crippen molar-refractivity contribution in [3.63, 3.8) is 0 Å². The lowest BCUT2D eigenvalue weighted by Crippen LogP contribution is -2.44. The van der Waals surface area contributed by atoms with Crippen molar-refractivity contribution in [2.24, 2.45) is 0 Å². The first kappa shape index (κ1) is 16.9. The van der Waals surface area contributed by atoms with Crippen molar-refractivity contribution >= 4 is 10.0 Å². The average molecular weight is 313 g/mol. The topological polar surface area (TPSA) is 37.4 Å². The van der Waals surface area contributed by atoms with Crippen LogP contribution in [-0.4, -0.2) is 30.7 Å². The van der Waals surface area contributed by atoms with Gasteiger partial charge >= 0.3 is 6.18 Å². The fourth-order valence-corrected chi connectivity index (χ4v) is 3.09. The van der Waals surface area contributed by atoms with Crippen molar-refractivity contribution < 1.29 is 26.0 Å². The standard InChI is InChI=1S/C12H15F4NO2S/c1-3-17(8-10-5-4-6-11(13)7-10)20(18,19)9(2)12(14,15)16/h4-7,9H,3,8H2,1-2H3. The van der Waals surface area contributed by atoms with Crippen LogP contribution >= 0.6 is 0 Å². The van der Waals surface area contributed by atoms with Crippen LogP contribution in [0.5, 0.6) is 0 Å². The number of alkyl halides is 3. The Kier molecular flexibility index (Phi) is 5.15. The Morgan fingerprint density at radius 2 is 1.90 bits per heavy atom. The quantitative estimate of drug-likeness (QED) is 0.784. The molecule has 0 fully saturated rings. The molecule has 1 rings (SSSR count). The lowest BCUT2D eigenvalue weighted by molar-refractivity contribution is -0.127. The fraction of sp³-hybridized carbons (Fsp3) is 0.500. The summed E-state index contributed by atoms with van der Waals surface area (Å²) in [5.41, 5.74) is 0.296. The molecule has 0 aromatic heterocycles. The van der Waals surface area contributed by atoms with E-state index in [2.05, 4.69) is 0 Å². The van der Waals surface area contributed by atoms with Gasteiger partial charge < -0.3 is 0 Å². The number of hydrogen-bond acceptors (Lipinski definition) is 2. The van der Waals surface area contributed by atoms with Gasteiger partial charge in [0.25, 0.3) is 0 Å². The van der Waals surface area contributed by atoms with Crippen LogP contribution in [0.4, 0.5) is 17.6 Å². The zero-order valence-electron chi connectivity index (χ0n) is 11.0. The average Bonchev–Trinajstić information content (AvgIpc) is 2.33. The van der Waals surface area contributed by atoms with Gasteiger partial charge in [0.05, 0.1) is 0 Å². The summed E-state index contributed by atoms with van der Waals surface area (Å²) in [6, 6.07) is 5.10. The van der Waals surface area contributed by atoms with Gasteiger partial charge in [0.1, 0.15) is 5.82 Å². The summed E-state index contributed by atoms with van der Waals surface area (Å²) in [7, 11) is -4.53. The molecule has 8 heteroatoms. The second-order valence-corrected chi connectivity index (χ2v) is 6.54. The van der Waals surface area contributed by atoms with E-state index in [-0.39, 0.29) is 13.1 Å². The Morgan fingerprint density at radius 3 is 2.35 bits per heavy atom. The van der Waals surface area contributed by atoms with Crippen molar-refractivity contribution in [3.05, 3.63) is 35.6 Å². The number of rotatable bonds is 5. The van der Waals surface area contributed by atoms with Crippen LogP contribution in [-0.2, 0) is 16.6 Å². The fourth-order valence-electron chi connectivity index (χ4n) is 1.61. The molecule has 20 heavy (non-hydrogen) atoms. The molecule has 0 aliphatic rings. The minimum Gasteiger partial charge on any atom is -0.212 e. The molecule has 0 spiro atoms. The second-order valence-electron chi connectivity index (χ2n) is 4.28. The second kappa shape index (κ2) is 6.09. The Morgan fingerprint density at radius 1 is 1.30 bits per heavy atom. The third kappa shape index (κ3) is 3.92. The molecule has 0 radical (unpaired) electrons. The van der Waals surface area contributed by atoms with Crippen LogP contribution < -0.4 is 0 Å². The van der Waals surface area contributed by atoms with Crippen molar-refractivity contribution in [1.29, 1.82) is 0 Å². The van der Waals surface area contributed by atoms with Gasteiger partial charge in [-0.2, -0.15) is 17.5 Å². The van der Waals surface area contributed by atoms with Gasteiger partial charge in [-0.1, -0.05) is 19.1 Å². The van der Waals surface area contributed by atoms with Gasteiger partial charge in [0, 0.05) is 13.1 Å². The first-order valence-electron chi connectivity index (χ1n) is 5.89. The van der Waals surface area contributed by atoms with Crippen LogP contribution in [0.1, 0.15) is 19.4 Å². The smallest absolute Gasteiger partial charge is 0.212 e. The number of nitrogens with zero attached hydrogens (tertiary/aromatic N) is 1. The molecule has 0 aliphatic carbocycles. The molecular weight excluding hydrogens is 298 g/mol. The summed E-state index contributed by atoms with van der Waals surface area (Å²) in [5, 5.41) is -2.50. The Labute approximate surface area is 115 Å². The molecule has 3 nitrogen and oxygen atoms in total. The summed E-state index contributed by atoms with van der Waals surface area (Å²) in [4.78, 5) is 0. The van der Waals surface area contributed by atoms with E-state index in [4.69, 9.17) is 0 Å². The molecule has 1 atom stereocenters. The van der Waals surface area contributed by atoms with Gasteiger partial charge in [0.15, 0.2) is 5.25 Å². The van der Waals surface area contributed by atoms with E-state index in [1.54, 1.807) is 0 Å². The number of benzene rings is 1. The van der Waals surface area contributed by atoms with Gasteiger partial charge in [-0.3, -0.25) is 0 Å². The highest BCUT2D eigenvalue weighted by Gasteiger charge is 2.47. The van der Waals surface area contributed by atoms with Crippen LogP contribution in [0.25, 0.3) is 0 Å². The van der Waals surface area contributed by atoms with E-state index in [0.717, 1.165) is 6.07 Å². The molecule has 0 amide bonds. The summed E-state index contributed by atoms with van der Waals surface area (Å²) < 4.78 is 75.3. The van der Waals surface area contributed by atoms with Crippen molar-refractivity contribution in [3.8, 4) is 0 Å². The first-order chi connectivity index (χ1) is 9.09. The van der Waals surface area contributed by atoms with E-state index in [1.165, 1.54) is 25.1 Å². The van der Waals surface area contributed by atoms with Crippen molar-refractivity contribution in [2.45, 2.75) is 31.8 Å².